The van der Waals surface area contributed by atoms with Crippen molar-refractivity contribution in [1.29, 1.82) is 0 Å². The van der Waals surface area contributed by atoms with Gasteiger partial charge in [-0.1, -0.05) is 0 Å². The number of hydrogen-bond donors (Lipinski definition) is 0. The largest absolute Gasteiger partial charge is 0.465 e. The number of carbonyl (C=O) groups is 3. The monoisotopic (exact) mass is 298 g/mol. The summed E-state index contributed by atoms with van der Waals surface area (Å²) in [6, 6.07) is -0.0484. The second-order valence-corrected chi connectivity index (χ2v) is 5.65. The highest BCUT2D eigenvalue weighted by atomic mass is 16.5. The minimum atomic E-state index is -0.374. The van der Waals surface area contributed by atoms with Crippen LogP contribution in [0.3, 0.4) is 0 Å². The smallest absolute Gasteiger partial charge is 0.325 e. The standard InChI is InChI=1S/C15H26N2O4/c1-5-21-14(19)10-17(11(2)3)15(20)13-6-8-16(9-7-13)12(4)18/h11,13H,5-10H2,1-4H3. The summed E-state index contributed by atoms with van der Waals surface area (Å²) in [6.07, 6.45) is 1.31. The molecule has 1 heterocycles. The van der Waals surface area contributed by atoms with E-state index in [9.17, 15) is 14.4 Å². The van der Waals surface area contributed by atoms with Crippen LogP contribution in [0.25, 0.3) is 0 Å². The molecule has 0 spiro atoms. The van der Waals surface area contributed by atoms with E-state index in [1.807, 2.05) is 13.8 Å². The minimum absolute atomic E-state index is 0.00272. The molecular formula is C15H26N2O4. The van der Waals surface area contributed by atoms with Crippen molar-refractivity contribution in [3.8, 4) is 0 Å². The van der Waals surface area contributed by atoms with Crippen LogP contribution in [-0.4, -0.2) is 59.9 Å². The number of piperidine rings is 1. The summed E-state index contributed by atoms with van der Waals surface area (Å²) in [7, 11) is 0. The third kappa shape index (κ3) is 5.02. The Bertz CT molecular complexity index is 387. The van der Waals surface area contributed by atoms with Gasteiger partial charge in [0.1, 0.15) is 6.54 Å². The van der Waals surface area contributed by atoms with Crippen LogP contribution in [0.2, 0.25) is 0 Å². The second-order valence-electron chi connectivity index (χ2n) is 5.65. The Kier molecular flexibility index (Phi) is 6.65. The Balaban J connectivity index is 2.61. The van der Waals surface area contributed by atoms with Gasteiger partial charge >= 0.3 is 5.97 Å². The van der Waals surface area contributed by atoms with E-state index in [2.05, 4.69) is 0 Å². The molecule has 120 valence electrons. The maximum Gasteiger partial charge on any atom is 0.325 e. The zero-order valence-corrected chi connectivity index (χ0v) is 13.4. The van der Waals surface area contributed by atoms with Gasteiger partial charge in [-0.05, 0) is 33.6 Å². The Morgan fingerprint density at radius 2 is 1.81 bits per heavy atom. The van der Waals surface area contributed by atoms with Crippen LogP contribution in [0.15, 0.2) is 0 Å². The van der Waals surface area contributed by atoms with Crippen molar-refractivity contribution in [3.05, 3.63) is 0 Å². The molecule has 0 aromatic heterocycles. The third-order valence-corrected chi connectivity index (χ3v) is 3.80. The Hall–Kier alpha value is -1.59. The zero-order chi connectivity index (χ0) is 16.0. The van der Waals surface area contributed by atoms with Gasteiger partial charge in [0.15, 0.2) is 0 Å². The molecule has 1 saturated heterocycles. The SMILES string of the molecule is CCOC(=O)CN(C(=O)C1CCN(C(C)=O)CC1)C(C)C. The lowest BCUT2D eigenvalue weighted by Gasteiger charge is -2.35. The van der Waals surface area contributed by atoms with Gasteiger partial charge in [-0.2, -0.15) is 0 Å². The van der Waals surface area contributed by atoms with Gasteiger partial charge in [-0.15, -0.1) is 0 Å². The van der Waals surface area contributed by atoms with Gasteiger partial charge < -0.3 is 14.5 Å². The molecular weight excluding hydrogens is 272 g/mol. The summed E-state index contributed by atoms with van der Waals surface area (Å²) >= 11 is 0. The van der Waals surface area contributed by atoms with E-state index in [4.69, 9.17) is 4.74 Å². The van der Waals surface area contributed by atoms with Crippen LogP contribution in [0.1, 0.15) is 40.5 Å². The van der Waals surface area contributed by atoms with Crippen molar-refractivity contribution in [2.75, 3.05) is 26.2 Å². The van der Waals surface area contributed by atoms with Gasteiger partial charge in [-0.3, -0.25) is 14.4 Å². The molecule has 1 fully saturated rings. The summed E-state index contributed by atoms with van der Waals surface area (Å²) in [4.78, 5) is 38.8. The third-order valence-electron chi connectivity index (χ3n) is 3.80. The van der Waals surface area contributed by atoms with Crippen molar-refractivity contribution in [3.63, 3.8) is 0 Å². The number of amides is 2. The van der Waals surface area contributed by atoms with Gasteiger partial charge in [-0.25, -0.2) is 0 Å². The van der Waals surface area contributed by atoms with E-state index < -0.39 is 0 Å². The van der Waals surface area contributed by atoms with Crippen LogP contribution in [0.4, 0.5) is 0 Å². The lowest BCUT2D eigenvalue weighted by Crippen LogP contribution is -2.47. The maximum atomic E-state index is 12.6. The number of hydrogen-bond acceptors (Lipinski definition) is 4. The normalized spacial score (nSPS) is 16.0. The van der Waals surface area contributed by atoms with Gasteiger partial charge in [0.05, 0.1) is 6.61 Å². The average Bonchev–Trinajstić information content (AvgIpc) is 2.44. The predicted molar refractivity (Wildman–Crippen MR) is 78.5 cm³/mol. The quantitative estimate of drug-likeness (QED) is 0.711. The van der Waals surface area contributed by atoms with E-state index in [-0.39, 0.29) is 36.3 Å². The lowest BCUT2D eigenvalue weighted by molar-refractivity contribution is -0.152. The summed E-state index contributed by atoms with van der Waals surface area (Å²) in [5.41, 5.74) is 0. The highest BCUT2D eigenvalue weighted by molar-refractivity contribution is 5.84. The molecule has 0 N–H and O–H groups in total. The molecule has 0 aromatic rings. The Labute approximate surface area is 126 Å². The highest BCUT2D eigenvalue weighted by Gasteiger charge is 2.31. The topological polar surface area (TPSA) is 66.9 Å². The van der Waals surface area contributed by atoms with Gasteiger partial charge in [0.2, 0.25) is 11.8 Å². The first-order chi connectivity index (χ1) is 9.86. The molecule has 0 radical (unpaired) electrons. The number of ether oxygens (including phenoxy) is 1. The van der Waals surface area contributed by atoms with Crippen LogP contribution >= 0.6 is 0 Å². The zero-order valence-electron chi connectivity index (χ0n) is 13.4. The number of carbonyl (C=O) groups excluding carboxylic acids is 3. The van der Waals surface area contributed by atoms with Gasteiger partial charge in [0.25, 0.3) is 0 Å². The Morgan fingerprint density at radius 3 is 2.24 bits per heavy atom. The van der Waals surface area contributed by atoms with Crippen LogP contribution in [0.5, 0.6) is 0 Å². The number of esters is 1. The average molecular weight is 298 g/mol. The van der Waals surface area contributed by atoms with Crippen molar-refractivity contribution in [1.82, 2.24) is 9.80 Å². The van der Waals surface area contributed by atoms with Crippen LogP contribution in [-0.2, 0) is 19.1 Å². The van der Waals surface area contributed by atoms with Crippen molar-refractivity contribution < 1.29 is 19.1 Å². The molecule has 1 aliphatic heterocycles. The molecule has 1 aliphatic rings. The first-order valence-electron chi connectivity index (χ1n) is 7.58. The first-order valence-corrected chi connectivity index (χ1v) is 7.58. The van der Waals surface area contributed by atoms with Gasteiger partial charge in [0, 0.05) is 32.0 Å². The molecule has 0 atom stereocenters. The molecule has 0 saturated carbocycles. The van der Waals surface area contributed by atoms with Crippen molar-refractivity contribution in [2.45, 2.75) is 46.6 Å². The molecule has 1 rings (SSSR count). The number of rotatable bonds is 5. The van der Waals surface area contributed by atoms with E-state index in [0.717, 1.165) is 0 Å². The molecule has 6 nitrogen and oxygen atoms in total. The number of likely N-dealkylation sites (tertiary alicyclic amines) is 1. The highest BCUT2D eigenvalue weighted by Crippen LogP contribution is 2.21. The fourth-order valence-corrected chi connectivity index (χ4v) is 2.54. The van der Waals surface area contributed by atoms with E-state index >= 15 is 0 Å². The number of nitrogens with zero attached hydrogens (tertiary/aromatic N) is 2. The molecule has 0 unspecified atom stereocenters. The second kappa shape index (κ2) is 8.00. The van der Waals surface area contributed by atoms with E-state index in [1.54, 1.807) is 23.6 Å². The molecule has 21 heavy (non-hydrogen) atoms. The Morgan fingerprint density at radius 1 is 1.24 bits per heavy atom. The molecule has 2 amide bonds. The first kappa shape index (κ1) is 17.5. The summed E-state index contributed by atoms with van der Waals surface area (Å²) < 4.78 is 4.92. The minimum Gasteiger partial charge on any atom is -0.465 e. The molecule has 6 heteroatoms. The van der Waals surface area contributed by atoms with Crippen LogP contribution < -0.4 is 0 Å². The summed E-state index contributed by atoms with van der Waals surface area (Å²) in [5.74, 6) is -0.451. The lowest BCUT2D eigenvalue weighted by atomic mass is 9.94. The van der Waals surface area contributed by atoms with Crippen LogP contribution in [0, 0.1) is 5.92 Å². The summed E-state index contributed by atoms with van der Waals surface area (Å²) in [6.45, 7) is 8.60. The van der Waals surface area contributed by atoms with E-state index in [0.29, 0.717) is 32.5 Å². The summed E-state index contributed by atoms with van der Waals surface area (Å²) in [5, 5.41) is 0. The molecule has 0 aromatic carbocycles. The maximum absolute atomic E-state index is 12.6. The molecule has 0 aliphatic carbocycles. The van der Waals surface area contributed by atoms with Crippen molar-refractivity contribution >= 4 is 17.8 Å². The predicted octanol–water partition coefficient (Wildman–Crippen LogP) is 1.04. The van der Waals surface area contributed by atoms with E-state index in [1.165, 1.54) is 0 Å². The van der Waals surface area contributed by atoms with Crippen molar-refractivity contribution in [2.24, 2.45) is 5.92 Å². The fourth-order valence-electron chi connectivity index (χ4n) is 2.54. The molecule has 0 bridgehead atoms. The fraction of sp³-hybridized carbons (Fsp3) is 0.800.